The maximum absolute atomic E-state index is 10.9. The zero-order valence-electron chi connectivity index (χ0n) is 11.4. The Morgan fingerprint density at radius 2 is 2.05 bits per heavy atom. The third-order valence-corrected chi connectivity index (χ3v) is 5.24. The summed E-state index contributed by atoms with van der Waals surface area (Å²) in [4.78, 5) is 13.5. The summed E-state index contributed by atoms with van der Waals surface area (Å²) < 4.78 is 1.24. The second kappa shape index (κ2) is 5.74. The molecule has 1 atom stereocenters. The molecule has 5 heteroatoms. The third kappa shape index (κ3) is 2.69. The van der Waals surface area contributed by atoms with Crippen LogP contribution in [0, 0.1) is 0 Å². The summed E-state index contributed by atoms with van der Waals surface area (Å²) in [6.07, 6.45) is 4.33. The SMILES string of the molecule is NC(=O)NC1CCN([C@@H]2CCc3c(Br)cccc32)CC1. The van der Waals surface area contributed by atoms with E-state index in [4.69, 9.17) is 5.73 Å². The minimum Gasteiger partial charge on any atom is -0.352 e. The lowest BCUT2D eigenvalue weighted by molar-refractivity contribution is 0.144. The van der Waals surface area contributed by atoms with Gasteiger partial charge < -0.3 is 11.1 Å². The summed E-state index contributed by atoms with van der Waals surface area (Å²) in [5.41, 5.74) is 8.13. The molecule has 108 valence electrons. The lowest BCUT2D eigenvalue weighted by atomic mass is 10.0. The Hall–Kier alpha value is -1.07. The average Bonchev–Trinajstić information content (AvgIpc) is 2.84. The number of benzene rings is 1. The van der Waals surface area contributed by atoms with E-state index >= 15 is 0 Å². The van der Waals surface area contributed by atoms with Gasteiger partial charge >= 0.3 is 6.03 Å². The number of urea groups is 1. The molecule has 2 aliphatic rings. The normalized spacial score (nSPS) is 23.6. The molecule has 0 saturated carbocycles. The zero-order chi connectivity index (χ0) is 14.1. The van der Waals surface area contributed by atoms with Crippen molar-refractivity contribution < 1.29 is 4.79 Å². The van der Waals surface area contributed by atoms with E-state index in [-0.39, 0.29) is 6.04 Å². The smallest absolute Gasteiger partial charge is 0.312 e. The van der Waals surface area contributed by atoms with Gasteiger partial charge in [-0.15, -0.1) is 0 Å². The number of hydrogen-bond donors (Lipinski definition) is 2. The number of piperidine rings is 1. The minimum absolute atomic E-state index is 0.243. The van der Waals surface area contributed by atoms with Gasteiger partial charge in [0.05, 0.1) is 0 Å². The average molecular weight is 338 g/mol. The Balaban J connectivity index is 1.66. The molecule has 3 rings (SSSR count). The summed E-state index contributed by atoms with van der Waals surface area (Å²) in [6, 6.07) is 6.89. The first kappa shape index (κ1) is 13.9. The first-order valence-corrected chi connectivity index (χ1v) is 8.02. The lowest BCUT2D eigenvalue weighted by Gasteiger charge is -2.36. The first-order valence-electron chi connectivity index (χ1n) is 7.22. The van der Waals surface area contributed by atoms with E-state index in [0.29, 0.717) is 6.04 Å². The zero-order valence-corrected chi connectivity index (χ0v) is 13.0. The number of nitrogens with zero attached hydrogens (tertiary/aromatic N) is 1. The summed E-state index contributed by atoms with van der Waals surface area (Å²) in [6.45, 7) is 2.06. The van der Waals surface area contributed by atoms with Crippen LogP contribution in [0.25, 0.3) is 0 Å². The molecule has 1 aliphatic heterocycles. The number of carbonyl (C=O) groups is 1. The fourth-order valence-electron chi connectivity index (χ4n) is 3.52. The van der Waals surface area contributed by atoms with Crippen LogP contribution in [-0.4, -0.2) is 30.1 Å². The van der Waals surface area contributed by atoms with Gasteiger partial charge in [-0.25, -0.2) is 4.79 Å². The Morgan fingerprint density at radius 3 is 2.75 bits per heavy atom. The number of primary amides is 1. The van der Waals surface area contributed by atoms with E-state index in [1.165, 1.54) is 22.0 Å². The second-order valence-corrected chi connectivity index (χ2v) is 6.54. The molecule has 1 fully saturated rings. The van der Waals surface area contributed by atoms with Crippen LogP contribution in [0.1, 0.15) is 36.4 Å². The molecular weight excluding hydrogens is 318 g/mol. The van der Waals surface area contributed by atoms with Gasteiger partial charge in [0.25, 0.3) is 0 Å². The number of likely N-dealkylation sites (tertiary alicyclic amines) is 1. The van der Waals surface area contributed by atoms with E-state index in [0.717, 1.165) is 32.4 Å². The molecule has 1 heterocycles. The van der Waals surface area contributed by atoms with Crippen molar-refractivity contribution in [2.75, 3.05) is 13.1 Å². The Labute approximate surface area is 127 Å². The Bertz CT molecular complexity index is 512. The number of nitrogens with two attached hydrogens (primary N) is 1. The van der Waals surface area contributed by atoms with Crippen LogP contribution >= 0.6 is 15.9 Å². The van der Waals surface area contributed by atoms with Crippen molar-refractivity contribution in [3.63, 3.8) is 0 Å². The standard InChI is InChI=1S/C15H20BrN3O/c16-13-3-1-2-12-11(13)4-5-14(12)19-8-6-10(7-9-19)18-15(17)20/h1-3,10,14H,4-9H2,(H3,17,18,20)/t14-/m1/s1. The molecule has 1 aliphatic carbocycles. The molecule has 0 bridgehead atoms. The predicted molar refractivity (Wildman–Crippen MR) is 82.5 cm³/mol. The van der Waals surface area contributed by atoms with Crippen molar-refractivity contribution in [2.45, 2.75) is 37.8 Å². The van der Waals surface area contributed by atoms with E-state index in [2.05, 4.69) is 44.3 Å². The van der Waals surface area contributed by atoms with Gasteiger partial charge in [-0.3, -0.25) is 4.90 Å². The molecular formula is C15H20BrN3O. The number of rotatable bonds is 2. The van der Waals surface area contributed by atoms with Gasteiger partial charge in [-0.2, -0.15) is 0 Å². The molecule has 0 spiro atoms. The summed E-state index contributed by atoms with van der Waals surface area (Å²) >= 11 is 3.66. The molecule has 2 amide bonds. The molecule has 0 radical (unpaired) electrons. The van der Waals surface area contributed by atoms with E-state index in [1.807, 2.05) is 0 Å². The van der Waals surface area contributed by atoms with Gasteiger partial charge in [0, 0.05) is 29.6 Å². The topological polar surface area (TPSA) is 58.4 Å². The quantitative estimate of drug-likeness (QED) is 0.871. The van der Waals surface area contributed by atoms with Crippen LogP contribution in [0.15, 0.2) is 22.7 Å². The van der Waals surface area contributed by atoms with Crippen LogP contribution < -0.4 is 11.1 Å². The molecule has 1 aromatic carbocycles. The molecule has 20 heavy (non-hydrogen) atoms. The van der Waals surface area contributed by atoms with Crippen molar-refractivity contribution >= 4 is 22.0 Å². The fraction of sp³-hybridized carbons (Fsp3) is 0.533. The number of carbonyl (C=O) groups excluding carboxylic acids is 1. The maximum atomic E-state index is 10.9. The van der Waals surface area contributed by atoms with Crippen LogP contribution in [0.2, 0.25) is 0 Å². The molecule has 3 N–H and O–H groups in total. The Morgan fingerprint density at radius 1 is 1.30 bits per heavy atom. The molecule has 0 aromatic heterocycles. The highest BCUT2D eigenvalue weighted by Crippen LogP contribution is 2.40. The molecule has 1 aromatic rings. The van der Waals surface area contributed by atoms with E-state index < -0.39 is 6.03 Å². The number of halogens is 1. The first-order chi connectivity index (χ1) is 9.65. The van der Waals surface area contributed by atoms with Gasteiger partial charge in [-0.05, 0) is 42.9 Å². The van der Waals surface area contributed by atoms with Crippen molar-refractivity contribution in [3.05, 3.63) is 33.8 Å². The van der Waals surface area contributed by atoms with Crippen LogP contribution in [0.5, 0.6) is 0 Å². The van der Waals surface area contributed by atoms with Crippen molar-refractivity contribution in [1.82, 2.24) is 10.2 Å². The van der Waals surface area contributed by atoms with Gasteiger partial charge in [-0.1, -0.05) is 28.1 Å². The molecule has 1 saturated heterocycles. The van der Waals surface area contributed by atoms with E-state index in [1.54, 1.807) is 0 Å². The highest BCUT2D eigenvalue weighted by Gasteiger charge is 2.31. The maximum Gasteiger partial charge on any atom is 0.312 e. The predicted octanol–water partition coefficient (Wildman–Crippen LogP) is 2.57. The highest BCUT2D eigenvalue weighted by atomic mass is 79.9. The van der Waals surface area contributed by atoms with Crippen molar-refractivity contribution in [2.24, 2.45) is 5.73 Å². The van der Waals surface area contributed by atoms with Crippen LogP contribution in [0.4, 0.5) is 4.79 Å². The Kier molecular flexibility index (Phi) is 3.98. The number of nitrogens with one attached hydrogen (secondary N) is 1. The summed E-state index contributed by atoms with van der Waals surface area (Å²) in [7, 11) is 0. The van der Waals surface area contributed by atoms with Crippen LogP contribution in [0.3, 0.4) is 0 Å². The van der Waals surface area contributed by atoms with E-state index in [9.17, 15) is 4.79 Å². The van der Waals surface area contributed by atoms with Gasteiger partial charge in [0.1, 0.15) is 0 Å². The summed E-state index contributed by atoms with van der Waals surface area (Å²) in [5.74, 6) is 0. The fourth-order valence-corrected chi connectivity index (χ4v) is 4.10. The largest absolute Gasteiger partial charge is 0.352 e. The number of hydrogen-bond acceptors (Lipinski definition) is 2. The number of amides is 2. The van der Waals surface area contributed by atoms with Crippen LogP contribution in [-0.2, 0) is 6.42 Å². The van der Waals surface area contributed by atoms with Crippen molar-refractivity contribution in [3.8, 4) is 0 Å². The number of fused-ring (bicyclic) bond motifs is 1. The monoisotopic (exact) mass is 337 g/mol. The van der Waals surface area contributed by atoms with Crippen molar-refractivity contribution in [1.29, 1.82) is 0 Å². The lowest BCUT2D eigenvalue weighted by Crippen LogP contribution is -2.46. The third-order valence-electron chi connectivity index (χ3n) is 4.50. The minimum atomic E-state index is -0.404. The van der Waals surface area contributed by atoms with Gasteiger partial charge in [0.15, 0.2) is 0 Å². The molecule has 4 nitrogen and oxygen atoms in total. The van der Waals surface area contributed by atoms with Gasteiger partial charge in [0.2, 0.25) is 0 Å². The highest BCUT2D eigenvalue weighted by molar-refractivity contribution is 9.10. The second-order valence-electron chi connectivity index (χ2n) is 5.68. The molecule has 0 unspecified atom stereocenters. The summed E-state index contributed by atoms with van der Waals surface area (Å²) in [5, 5.41) is 2.83.